The van der Waals surface area contributed by atoms with E-state index in [1.54, 1.807) is 31.5 Å². The third-order valence-corrected chi connectivity index (χ3v) is 8.65. The fourth-order valence-corrected chi connectivity index (χ4v) is 6.61. The molecule has 38 heavy (non-hydrogen) atoms. The Morgan fingerprint density at radius 3 is 2.50 bits per heavy atom. The van der Waals surface area contributed by atoms with Gasteiger partial charge in [-0.2, -0.15) is 0 Å². The molecule has 0 unspecified atom stereocenters. The van der Waals surface area contributed by atoms with Crippen LogP contribution in [0.1, 0.15) is 22.4 Å². The van der Waals surface area contributed by atoms with E-state index in [1.165, 1.54) is 47.1 Å². The summed E-state index contributed by atoms with van der Waals surface area (Å²) < 4.78 is 44.3. The molecule has 4 rings (SSSR count). The number of hydrogen-bond donors (Lipinski definition) is 1. The topological polar surface area (TPSA) is 130 Å². The van der Waals surface area contributed by atoms with Gasteiger partial charge in [0, 0.05) is 23.1 Å². The van der Waals surface area contributed by atoms with Crippen LogP contribution in [0.15, 0.2) is 58.7 Å². The summed E-state index contributed by atoms with van der Waals surface area (Å²) in [6.45, 7) is 3.33. The number of hydrogen-bond acceptors (Lipinski definition) is 10. The number of carbonyl (C=O) groups is 1. The lowest BCUT2D eigenvalue weighted by molar-refractivity contribution is -0.142. The predicted octanol–water partition coefficient (Wildman–Crippen LogP) is 3.63. The van der Waals surface area contributed by atoms with Crippen molar-refractivity contribution in [2.75, 3.05) is 20.8 Å². The number of rotatable bonds is 10. The van der Waals surface area contributed by atoms with Crippen molar-refractivity contribution in [3.8, 4) is 11.5 Å². The number of pyridine rings is 1. The van der Waals surface area contributed by atoms with Crippen molar-refractivity contribution in [2.24, 2.45) is 0 Å². The van der Waals surface area contributed by atoms with Crippen LogP contribution in [-0.4, -0.2) is 54.3 Å². The summed E-state index contributed by atoms with van der Waals surface area (Å²) in [5.41, 5.74) is 3.95. The highest BCUT2D eigenvalue weighted by Crippen LogP contribution is 2.33. The zero-order valence-electron chi connectivity index (χ0n) is 21.3. The molecule has 200 valence electrons. The zero-order valence-corrected chi connectivity index (χ0v) is 22.9. The van der Waals surface area contributed by atoms with Crippen molar-refractivity contribution < 1.29 is 32.5 Å². The lowest BCUT2D eigenvalue weighted by atomic mass is 10.1. The number of thioether (sulfide) groups is 1. The second kappa shape index (κ2) is 11.4. The molecule has 0 aliphatic heterocycles. The van der Waals surface area contributed by atoms with E-state index in [2.05, 4.69) is 14.7 Å². The molecule has 0 fully saturated rings. The highest BCUT2D eigenvalue weighted by atomic mass is 32.2. The molecule has 10 nitrogen and oxygen atoms in total. The first-order chi connectivity index (χ1) is 18.2. The first-order valence-electron chi connectivity index (χ1n) is 11.5. The van der Waals surface area contributed by atoms with Gasteiger partial charge >= 0.3 is 5.97 Å². The van der Waals surface area contributed by atoms with E-state index in [0.717, 1.165) is 22.6 Å². The summed E-state index contributed by atoms with van der Waals surface area (Å²) in [6, 6.07) is 10.7. The Balaban J connectivity index is 1.72. The molecule has 0 saturated heterocycles. The van der Waals surface area contributed by atoms with Crippen LogP contribution >= 0.6 is 11.8 Å². The summed E-state index contributed by atoms with van der Waals surface area (Å²) >= 11 is 1.23. The van der Waals surface area contributed by atoms with E-state index in [-0.39, 0.29) is 23.3 Å². The molecule has 12 heteroatoms. The van der Waals surface area contributed by atoms with Gasteiger partial charge in [-0.3, -0.25) is 4.98 Å². The second-order valence-corrected chi connectivity index (χ2v) is 11.0. The molecule has 0 aliphatic rings. The van der Waals surface area contributed by atoms with Gasteiger partial charge in [0.15, 0.2) is 11.8 Å². The van der Waals surface area contributed by atoms with Crippen LogP contribution in [0.3, 0.4) is 0 Å². The van der Waals surface area contributed by atoms with Gasteiger partial charge in [0.2, 0.25) is 0 Å². The number of aliphatic hydroxyl groups is 1. The predicted molar refractivity (Wildman–Crippen MR) is 142 cm³/mol. The average Bonchev–Trinajstić information content (AvgIpc) is 3.30. The summed E-state index contributed by atoms with van der Waals surface area (Å²) in [5, 5.41) is 9.82. The van der Waals surface area contributed by atoms with E-state index in [1.807, 2.05) is 13.8 Å². The van der Waals surface area contributed by atoms with E-state index in [0.29, 0.717) is 28.1 Å². The van der Waals surface area contributed by atoms with Crippen LogP contribution in [0.2, 0.25) is 0 Å². The highest BCUT2D eigenvalue weighted by Gasteiger charge is 2.25. The molecule has 0 bridgehead atoms. The van der Waals surface area contributed by atoms with Crippen LogP contribution in [-0.2, 0) is 31.9 Å². The maximum atomic E-state index is 13.8. The van der Waals surface area contributed by atoms with Crippen LogP contribution in [0, 0.1) is 13.8 Å². The number of aromatic nitrogens is 3. The van der Waals surface area contributed by atoms with Crippen LogP contribution in [0.25, 0.3) is 11.0 Å². The van der Waals surface area contributed by atoms with Gasteiger partial charge in [0.25, 0.3) is 10.0 Å². The number of esters is 1. The lowest BCUT2D eigenvalue weighted by Crippen LogP contribution is -2.15. The molecule has 0 amide bonds. The summed E-state index contributed by atoms with van der Waals surface area (Å²) in [7, 11) is -1.23. The number of imidazole rings is 1. The van der Waals surface area contributed by atoms with E-state index >= 15 is 0 Å². The van der Waals surface area contributed by atoms with Crippen molar-refractivity contribution in [1.82, 2.24) is 13.9 Å². The Kier molecular flexibility index (Phi) is 8.24. The molecule has 0 saturated carbocycles. The Bertz CT molecular complexity index is 1580. The van der Waals surface area contributed by atoms with Gasteiger partial charge in [-0.15, -0.1) is 0 Å². The van der Waals surface area contributed by atoms with Crippen LogP contribution in [0.5, 0.6) is 11.5 Å². The number of benzene rings is 2. The van der Waals surface area contributed by atoms with Gasteiger partial charge < -0.3 is 19.3 Å². The summed E-state index contributed by atoms with van der Waals surface area (Å²) in [4.78, 5) is 20.5. The number of methoxy groups -OCH3 is 2. The Labute approximate surface area is 224 Å². The second-order valence-electron chi connectivity index (χ2n) is 8.32. The van der Waals surface area contributed by atoms with Crippen molar-refractivity contribution in [2.45, 2.75) is 36.3 Å². The molecule has 0 radical (unpaired) electrons. The molecule has 2 aromatic heterocycles. The number of ether oxygens (including phenoxy) is 3. The molecule has 2 heterocycles. The molecular weight excluding hydrogens is 530 g/mol. The number of nitrogens with zero attached hydrogens (tertiary/aromatic N) is 3. The highest BCUT2D eigenvalue weighted by molar-refractivity contribution is 7.99. The van der Waals surface area contributed by atoms with E-state index in [9.17, 15) is 18.3 Å². The minimum absolute atomic E-state index is 0.0154. The Morgan fingerprint density at radius 1 is 1.11 bits per heavy atom. The smallest absolute Gasteiger partial charge is 0.343 e. The van der Waals surface area contributed by atoms with Crippen molar-refractivity contribution in [3.05, 3.63) is 71.0 Å². The molecular formula is C26H27N3O7S2. The molecule has 0 atom stereocenters. The normalized spacial score (nSPS) is 11.5. The number of fused-ring (bicyclic) bond motifs is 1. The Hall–Kier alpha value is -3.61. The minimum Gasteiger partial charge on any atom is -0.496 e. The van der Waals surface area contributed by atoms with Gasteiger partial charge in [0.05, 0.1) is 42.4 Å². The Morgan fingerprint density at radius 2 is 1.84 bits per heavy atom. The lowest BCUT2D eigenvalue weighted by Gasteiger charge is -2.13. The number of aryl methyl sites for hydroxylation is 1. The molecule has 0 aliphatic carbocycles. The third-order valence-electron chi connectivity index (χ3n) is 5.87. The number of carbonyl (C=O) groups excluding carboxylic acids is 1. The van der Waals surface area contributed by atoms with E-state index in [4.69, 9.17) is 9.47 Å². The summed E-state index contributed by atoms with van der Waals surface area (Å²) in [5.74, 6) is 0.862. The van der Waals surface area contributed by atoms with E-state index < -0.39 is 16.0 Å². The minimum atomic E-state index is -4.08. The fourth-order valence-electron chi connectivity index (χ4n) is 3.87. The van der Waals surface area contributed by atoms with Crippen LogP contribution < -0.4 is 9.47 Å². The van der Waals surface area contributed by atoms with Gasteiger partial charge in [-0.05, 0) is 55.8 Å². The van der Waals surface area contributed by atoms with Crippen molar-refractivity contribution >= 4 is 38.8 Å². The summed E-state index contributed by atoms with van der Waals surface area (Å²) in [6.07, 6.45) is 1.72. The first-order valence-corrected chi connectivity index (χ1v) is 13.9. The van der Waals surface area contributed by atoms with Crippen molar-refractivity contribution in [1.29, 1.82) is 0 Å². The molecule has 1 N–H and O–H groups in total. The van der Waals surface area contributed by atoms with Gasteiger partial charge in [-0.1, -0.05) is 17.8 Å². The van der Waals surface area contributed by atoms with Gasteiger partial charge in [0.1, 0.15) is 11.5 Å². The standard InChI is InChI=1S/C26H27N3O7S2/c1-16-12-27-22(17(2)25(16)35-4)15-37-26-28-21-11-18(13-30)5-10-23(21)29(26)38(32,33)20-8-6-19(7-9-20)36-14-24(31)34-3/h5-12,30H,13-15H2,1-4H3. The number of aliphatic hydroxyl groups excluding tert-OH is 1. The average molecular weight is 558 g/mol. The molecule has 4 aromatic rings. The van der Waals surface area contributed by atoms with Gasteiger partial charge in [-0.25, -0.2) is 22.2 Å². The zero-order chi connectivity index (χ0) is 27.4. The monoisotopic (exact) mass is 557 g/mol. The fraction of sp³-hybridized carbons (Fsp3) is 0.269. The largest absolute Gasteiger partial charge is 0.496 e. The maximum absolute atomic E-state index is 13.8. The van der Waals surface area contributed by atoms with Crippen molar-refractivity contribution in [3.63, 3.8) is 0 Å². The molecule has 0 spiro atoms. The quantitative estimate of drug-likeness (QED) is 0.228. The maximum Gasteiger partial charge on any atom is 0.343 e. The first kappa shape index (κ1) is 27.4. The third kappa shape index (κ3) is 5.47. The molecule has 2 aromatic carbocycles. The SMILES string of the molecule is COC(=O)COc1ccc(S(=O)(=O)n2c(SCc3ncc(C)c(OC)c3C)nc3cc(CO)ccc32)cc1. The van der Waals surface area contributed by atoms with Crippen LogP contribution in [0.4, 0.5) is 0 Å².